The fourth-order valence-electron chi connectivity index (χ4n) is 2.90. The predicted octanol–water partition coefficient (Wildman–Crippen LogP) is 2.78. The van der Waals surface area contributed by atoms with Gasteiger partial charge >= 0.3 is 5.97 Å². The first-order valence-corrected chi connectivity index (χ1v) is 7.06. The smallest absolute Gasteiger partial charge is 0.337 e. The van der Waals surface area contributed by atoms with E-state index in [1.807, 2.05) is 31.3 Å². The van der Waals surface area contributed by atoms with E-state index in [4.69, 9.17) is 9.26 Å². The van der Waals surface area contributed by atoms with Crippen molar-refractivity contribution in [2.75, 3.05) is 19.5 Å². The summed E-state index contributed by atoms with van der Waals surface area (Å²) in [6.07, 6.45) is 2.87. The first-order valence-electron chi connectivity index (χ1n) is 7.06. The SMILES string of the molecule is CNc1onc2c1CC(c1ccc(C(=O)OC)cc1)CC2. The van der Waals surface area contributed by atoms with Gasteiger partial charge in [-0.1, -0.05) is 17.3 Å². The van der Waals surface area contributed by atoms with Gasteiger partial charge in [0.1, 0.15) is 0 Å². The minimum atomic E-state index is -0.302. The molecule has 110 valence electrons. The highest BCUT2D eigenvalue weighted by molar-refractivity contribution is 5.89. The second-order valence-electron chi connectivity index (χ2n) is 5.24. The molecule has 1 atom stereocenters. The first kappa shape index (κ1) is 13.7. The molecule has 1 unspecified atom stereocenters. The molecule has 0 radical (unpaired) electrons. The topological polar surface area (TPSA) is 64.4 Å². The average Bonchev–Trinajstić information content (AvgIpc) is 2.96. The van der Waals surface area contributed by atoms with Gasteiger partial charge in [-0.05, 0) is 42.9 Å². The van der Waals surface area contributed by atoms with Crippen molar-refractivity contribution in [2.45, 2.75) is 25.2 Å². The molecule has 3 rings (SSSR count). The lowest BCUT2D eigenvalue weighted by atomic mass is 9.82. The third-order valence-electron chi connectivity index (χ3n) is 4.08. The molecule has 0 spiro atoms. The third-order valence-corrected chi connectivity index (χ3v) is 4.08. The summed E-state index contributed by atoms with van der Waals surface area (Å²) >= 11 is 0. The van der Waals surface area contributed by atoms with Crippen LogP contribution in [-0.2, 0) is 17.6 Å². The largest absolute Gasteiger partial charge is 0.465 e. The number of nitrogens with zero attached hydrogens (tertiary/aromatic N) is 1. The van der Waals surface area contributed by atoms with E-state index in [0.717, 1.165) is 30.8 Å². The molecule has 1 aromatic carbocycles. The van der Waals surface area contributed by atoms with E-state index in [-0.39, 0.29) is 5.97 Å². The minimum absolute atomic E-state index is 0.302. The Hall–Kier alpha value is -2.30. The molecule has 5 nitrogen and oxygen atoms in total. The van der Waals surface area contributed by atoms with Crippen molar-refractivity contribution < 1.29 is 14.1 Å². The molecule has 0 aliphatic heterocycles. The zero-order valence-electron chi connectivity index (χ0n) is 12.2. The van der Waals surface area contributed by atoms with Crippen LogP contribution in [0.1, 0.15) is 39.5 Å². The number of benzene rings is 1. The summed E-state index contributed by atoms with van der Waals surface area (Å²) in [6.45, 7) is 0. The molecule has 0 saturated carbocycles. The van der Waals surface area contributed by atoms with Crippen LogP contribution < -0.4 is 5.32 Å². The number of fused-ring (bicyclic) bond motifs is 1. The molecule has 1 N–H and O–H groups in total. The van der Waals surface area contributed by atoms with E-state index >= 15 is 0 Å². The van der Waals surface area contributed by atoms with Gasteiger partial charge < -0.3 is 14.6 Å². The van der Waals surface area contributed by atoms with Crippen LogP contribution in [0.5, 0.6) is 0 Å². The van der Waals surface area contributed by atoms with E-state index < -0.39 is 0 Å². The molecule has 0 amide bonds. The number of methoxy groups -OCH3 is 1. The molecule has 1 aromatic heterocycles. The molecule has 21 heavy (non-hydrogen) atoms. The second kappa shape index (κ2) is 5.60. The lowest BCUT2D eigenvalue weighted by Gasteiger charge is -2.21. The number of carbonyl (C=O) groups is 1. The Morgan fingerprint density at radius 1 is 1.38 bits per heavy atom. The van der Waals surface area contributed by atoms with Gasteiger partial charge in [0, 0.05) is 12.6 Å². The van der Waals surface area contributed by atoms with Crippen LogP contribution in [0.4, 0.5) is 5.88 Å². The number of hydrogen-bond acceptors (Lipinski definition) is 5. The zero-order chi connectivity index (χ0) is 14.8. The van der Waals surface area contributed by atoms with Gasteiger partial charge in [0.2, 0.25) is 5.88 Å². The lowest BCUT2D eigenvalue weighted by molar-refractivity contribution is 0.0600. The normalized spacial score (nSPS) is 17.1. The molecule has 0 fully saturated rings. The molecule has 0 saturated heterocycles. The summed E-state index contributed by atoms with van der Waals surface area (Å²) in [4.78, 5) is 11.5. The van der Waals surface area contributed by atoms with Crippen LogP contribution in [-0.4, -0.2) is 25.3 Å². The van der Waals surface area contributed by atoms with Crippen LogP contribution in [0.15, 0.2) is 28.8 Å². The highest BCUT2D eigenvalue weighted by atomic mass is 16.5. The molecular formula is C16H18N2O3. The number of nitrogens with one attached hydrogen (secondary N) is 1. The number of ether oxygens (including phenoxy) is 1. The van der Waals surface area contributed by atoms with Crippen LogP contribution >= 0.6 is 0 Å². The van der Waals surface area contributed by atoms with Crippen LogP contribution in [0.3, 0.4) is 0 Å². The van der Waals surface area contributed by atoms with Gasteiger partial charge in [-0.2, -0.15) is 0 Å². The predicted molar refractivity (Wildman–Crippen MR) is 78.6 cm³/mol. The monoisotopic (exact) mass is 286 g/mol. The van der Waals surface area contributed by atoms with Gasteiger partial charge in [-0.15, -0.1) is 0 Å². The van der Waals surface area contributed by atoms with Crippen molar-refractivity contribution in [3.05, 3.63) is 46.6 Å². The summed E-state index contributed by atoms with van der Waals surface area (Å²) in [5.41, 5.74) is 4.04. The second-order valence-corrected chi connectivity index (χ2v) is 5.24. The summed E-state index contributed by atoms with van der Waals surface area (Å²) in [6, 6.07) is 7.66. The number of hydrogen-bond donors (Lipinski definition) is 1. The summed E-state index contributed by atoms with van der Waals surface area (Å²) in [5.74, 6) is 0.889. The number of aromatic nitrogens is 1. The lowest BCUT2D eigenvalue weighted by Crippen LogP contribution is -2.13. The molecule has 1 heterocycles. The fraction of sp³-hybridized carbons (Fsp3) is 0.375. The van der Waals surface area contributed by atoms with Crippen molar-refractivity contribution >= 4 is 11.9 Å². The van der Waals surface area contributed by atoms with Gasteiger partial charge in [-0.3, -0.25) is 0 Å². The number of anilines is 1. The molecule has 2 aromatic rings. The molecule has 5 heteroatoms. The van der Waals surface area contributed by atoms with E-state index in [1.54, 1.807) is 0 Å². The Morgan fingerprint density at radius 3 is 2.81 bits per heavy atom. The molecule has 0 bridgehead atoms. The number of aryl methyl sites for hydroxylation is 1. The van der Waals surface area contributed by atoms with Crippen LogP contribution in [0.2, 0.25) is 0 Å². The van der Waals surface area contributed by atoms with E-state index in [2.05, 4.69) is 10.5 Å². The Labute approximate surface area is 123 Å². The van der Waals surface area contributed by atoms with Crippen molar-refractivity contribution in [2.24, 2.45) is 0 Å². The van der Waals surface area contributed by atoms with E-state index in [0.29, 0.717) is 11.5 Å². The Morgan fingerprint density at radius 2 is 2.14 bits per heavy atom. The van der Waals surface area contributed by atoms with Gasteiger partial charge in [0.05, 0.1) is 18.4 Å². The van der Waals surface area contributed by atoms with Crippen LogP contribution in [0.25, 0.3) is 0 Å². The van der Waals surface area contributed by atoms with Gasteiger partial charge in [0.15, 0.2) is 0 Å². The van der Waals surface area contributed by atoms with Crippen molar-refractivity contribution in [1.29, 1.82) is 0 Å². The Bertz CT molecular complexity index is 633. The summed E-state index contributed by atoms with van der Waals surface area (Å²) < 4.78 is 10.0. The van der Waals surface area contributed by atoms with E-state index in [1.165, 1.54) is 18.2 Å². The standard InChI is InChI=1S/C16H18N2O3/c1-17-15-13-9-12(7-8-14(13)18-21-15)10-3-5-11(6-4-10)16(19)20-2/h3-6,12,17H,7-9H2,1-2H3. The highest BCUT2D eigenvalue weighted by Crippen LogP contribution is 2.35. The summed E-state index contributed by atoms with van der Waals surface area (Å²) in [7, 11) is 3.24. The van der Waals surface area contributed by atoms with Crippen molar-refractivity contribution in [1.82, 2.24) is 5.16 Å². The number of esters is 1. The maximum Gasteiger partial charge on any atom is 0.337 e. The maximum absolute atomic E-state index is 11.5. The van der Waals surface area contributed by atoms with Crippen molar-refractivity contribution in [3.8, 4) is 0 Å². The van der Waals surface area contributed by atoms with Crippen molar-refractivity contribution in [3.63, 3.8) is 0 Å². The quantitative estimate of drug-likeness (QED) is 0.879. The molecular weight excluding hydrogens is 268 g/mol. The van der Waals surface area contributed by atoms with Crippen LogP contribution in [0, 0.1) is 0 Å². The maximum atomic E-state index is 11.5. The average molecular weight is 286 g/mol. The van der Waals surface area contributed by atoms with Gasteiger partial charge in [0.25, 0.3) is 0 Å². The third kappa shape index (κ3) is 2.51. The summed E-state index contributed by atoms with van der Waals surface area (Å²) in [5, 5.41) is 7.15. The molecule has 1 aliphatic rings. The Kier molecular flexibility index (Phi) is 3.64. The fourth-order valence-corrected chi connectivity index (χ4v) is 2.90. The Balaban J connectivity index is 1.81. The number of rotatable bonds is 3. The minimum Gasteiger partial charge on any atom is -0.465 e. The highest BCUT2D eigenvalue weighted by Gasteiger charge is 2.26. The first-order chi connectivity index (χ1) is 10.2. The molecule has 1 aliphatic carbocycles. The number of carbonyl (C=O) groups excluding carboxylic acids is 1. The zero-order valence-corrected chi connectivity index (χ0v) is 12.2. The van der Waals surface area contributed by atoms with E-state index in [9.17, 15) is 4.79 Å². The van der Waals surface area contributed by atoms with Gasteiger partial charge in [-0.25, -0.2) is 4.79 Å².